The lowest BCUT2D eigenvalue weighted by Crippen LogP contribution is -2.58. The van der Waals surface area contributed by atoms with Crippen LogP contribution < -0.4 is 20.7 Å². The van der Waals surface area contributed by atoms with E-state index in [1.807, 2.05) is 6.92 Å². The molecule has 0 radical (unpaired) electrons. The third kappa shape index (κ3) is 9.60. The van der Waals surface area contributed by atoms with Crippen LogP contribution in [-0.2, 0) is 35.1 Å². The second-order valence-corrected chi connectivity index (χ2v) is 9.62. The summed E-state index contributed by atoms with van der Waals surface area (Å²) in [6.45, 7) is 7.12. The molecule has 0 bridgehead atoms. The minimum atomic E-state index is -1.33. The smallest absolute Gasteiger partial charge is 0.328 e. The second-order valence-electron chi connectivity index (χ2n) is 9.62. The average Bonchev–Trinajstić information content (AvgIpc) is 2.91. The van der Waals surface area contributed by atoms with Crippen LogP contribution in [0.5, 0.6) is 5.75 Å². The Balaban J connectivity index is 2.15. The molecular weight excluding hydrogens is 494 g/mol. The molecule has 0 spiro atoms. The predicted octanol–water partition coefficient (Wildman–Crippen LogP) is 1.21. The highest BCUT2D eigenvalue weighted by Gasteiger charge is 2.32. The van der Waals surface area contributed by atoms with Crippen molar-refractivity contribution >= 4 is 23.7 Å². The molecule has 1 aromatic carbocycles. The molecule has 1 unspecified atom stereocenters. The number of rotatable bonds is 13. The number of nitrogens with one attached hydrogen (secondary N) is 3. The highest BCUT2D eigenvalue weighted by atomic mass is 16.7. The lowest BCUT2D eigenvalue weighted by Gasteiger charge is -2.27. The molecule has 11 heteroatoms. The average molecular weight is 536 g/mol. The van der Waals surface area contributed by atoms with E-state index >= 15 is 0 Å². The van der Waals surface area contributed by atoms with Gasteiger partial charge in [0.15, 0.2) is 6.29 Å². The molecule has 212 valence electrons. The molecule has 3 amide bonds. The Kier molecular flexibility index (Phi) is 12.5. The number of aliphatic hydroxyl groups excluding tert-OH is 1. The summed E-state index contributed by atoms with van der Waals surface area (Å²) in [4.78, 5) is 50.3. The van der Waals surface area contributed by atoms with Gasteiger partial charge >= 0.3 is 5.97 Å². The van der Waals surface area contributed by atoms with Crippen LogP contribution in [0.25, 0.3) is 0 Å². The number of carbonyl (C=O) groups is 4. The van der Waals surface area contributed by atoms with Gasteiger partial charge in [-0.1, -0.05) is 32.4 Å². The zero-order valence-electron chi connectivity index (χ0n) is 22.8. The van der Waals surface area contributed by atoms with Crippen molar-refractivity contribution in [3.63, 3.8) is 0 Å². The van der Waals surface area contributed by atoms with Gasteiger partial charge in [-0.15, -0.1) is 0 Å². The standard InChI is InChI=1S/C27H41N3O8/c1-6-16(2)23(26(34)28-17(3)27(35)36-5)30-25(33)21(29-24(32)18(4)31)15-19-10-12-20(13-11-19)38-22-9-7-8-14-37-22/h10-13,16-18,21-23,31H,6-9,14-15H2,1-5H3,(H,28,34)(H,29,32)(H,30,33)/t16-,17-,18-,21-,22?,23-/m0/s1. The molecule has 4 N–H and O–H groups in total. The Morgan fingerprint density at radius 3 is 2.24 bits per heavy atom. The molecule has 38 heavy (non-hydrogen) atoms. The molecule has 11 nitrogen and oxygen atoms in total. The molecule has 1 fully saturated rings. The van der Waals surface area contributed by atoms with E-state index in [0.717, 1.165) is 24.8 Å². The zero-order chi connectivity index (χ0) is 28.2. The molecule has 1 saturated heterocycles. The molecule has 1 aliphatic heterocycles. The van der Waals surface area contributed by atoms with Gasteiger partial charge in [-0.3, -0.25) is 14.4 Å². The molecule has 0 aliphatic carbocycles. The van der Waals surface area contributed by atoms with E-state index in [1.54, 1.807) is 31.2 Å². The largest absolute Gasteiger partial charge is 0.467 e. The van der Waals surface area contributed by atoms with Crippen molar-refractivity contribution in [3.8, 4) is 5.75 Å². The third-order valence-corrected chi connectivity index (χ3v) is 6.49. The van der Waals surface area contributed by atoms with Crippen LogP contribution in [0.4, 0.5) is 0 Å². The van der Waals surface area contributed by atoms with Crippen molar-refractivity contribution < 1.29 is 38.5 Å². The van der Waals surface area contributed by atoms with Crippen molar-refractivity contribution in [3.05, 3.63) is 29.8 Å². The highest BCUT2D eigenvalue weighted by molar-refractivity contribution is 5.94. The van der Waals surface area contributed by atoms with E-state index in [1.165, 1.54) is 21.0 Å². The first-order valence-electron chi connectivity index (χ1n) is 13.1. The molecule has 0 saturated carbocycles. The van der Waals surface area contributed by atoms with Crippen LogP contribution in [0.3, 0.4) is 0 Å². The Morgan fingerprint density at radius 1 is 1.00 bits per heavy atom. The van der Waals surface area contributed by atoms with E-state index in [-0.39, 0.29) is 18.6 Å². The molecule has 1 heterocycles. The topological polar surface area (TPSA) is 152 Å². The number of aliphatic hydroxyl groups is 1. The Bertz CT molecular complexity index is 931. The predicted molar refractivity (Wildman–Crippen MR) is 139 cm³/mol. The van der Waals surface area contributed by atoms with Gasteiger partial charge in [0, 0.05) is 12.8 Å². The number of esters is 1. The van der Waals surface area contributed by atoms with E-state index in [4.69, 9.17) is 9.47 Å². The summed E-state index contributed by atoms with van der Waals surface area (Å²) in [5.41, 5.74) is 0.733. The lowest BCUT2D eigenvalue weighted by molar-refractivity contribution is -0.145. The van der Waals surface area contributed by atoms with Crippen molar-refractivity contribution in [1.29, 1.82) is 0 Å². The number of carbonyl (C=O) groups excluding carboxylic acids is 4. The third-order valence-electron chi connectivity index (χ3n) is 6.49. The normalized spacial score (nSPS) is 19.2. The fraction of sp³-hybridized carbons (Fsp3) is 0.630. The molecule has 1 aromatic rings. The van der Waals surface area contributed by atoms with Gasteiger partial charge in [-0.2, -0.15) is 0 Å². The maximum atomic E-state index is 13.3. The Morgan fingerprint density at radius 2 is 1.68 bits per heavy atom. The van der Waals surface area contributed by atoms with Gasteiger partial charge in [0.1, 0.15) is 30.0 Å². The molecule has 0 aromatic heterocycles. The first-order chi connectivity index (χ1) is 18.0. The number of hydrogen-bond acceptors (Lipinski definition) is 8. The van der Waals surface area contributed by atoms with E-state index in [2.05, 4.69) is 20.7 Å². The summed E-state index contributed by atoms with van der Waals surface area (Å²) in [5, 5.41) is 17.5. The van der Waals surface area contributed by atoms with Crippen LogP contribution in [0.1, 0.15) is 58.9 Å². The molecule has 2 rings (SSSR count). The second kappa shape index (κ2) is 15.3. The summed E-state index contributed by atoms with van der Waals surface area (Å²) >= 11 is 0. The van der Waals surface area contributed by atoms with E-state index < -0.39 is 47.9 Å². The minimum absolute atomic E-state index is 0.109. The van der Waals surface area contributed by atoms with Crippen molar-refractivity contribution in [1.82, 2.24) is 16.0 Å². The number of ether oxygens (including phenoxy) is 3. The molecular formula is C27H41N3O8. The van der Waals surface area contributed by atoms with Crippen LogP contribution in [-0.4, -0.2) is 73.0 Å². The zero-order valence-corrected chi connectivity index (χ0v) is 22.8. The fourth-order valence-corrected chi connectivity index (χ4v) is 3.89. The van der Waals surface area contributed by atoms with Crippen molar-refractivity contribution in [2.45, 2.75) is 90.3 Å². The maximum absolute atomic E-state index is 13.3. The van der Waals surface area contributed by atoms with Crippen LogP contribution in [0, 0.1) is 5.92 Å². The number of methoxy groups -OCH3 is 1. The van der Waals surface area contributed by atoms with Gasteiger partial charge in [0.05, 0.1) is 13.7 Å². The summed E-state index contributed by atoms with van der Waals surface area (Å²) in [5.74, 6) is -2.11. The fourth-order valence-electron chi connectivity index (χ4n) is 3.89. The van der Waals surface area contributed by atoms with Gasteiger partial charge in [-0.25, -0.2) is 4.79 Å². The van der Waals surface area contributed by atoms with Gasteiger partial charge < -0.3 is 35.3 Å². The number of amides is 3. The minimum Gasteiger partial charge on any atom is -0.467 e. The van der Waals surface area contributed by atoms with Crippen LogP contribution in [0.15, 0.2) is 24.3 Å². The number of hydrogen-bond donors (Lipinski definition) is 4. The summed E-state index contributed by atoms with van der Waals surface area (Å²) in [6.07, 6.45) is 1.94. The molecule has 1 aliphatic rings. The SMILES string of the molecule is CC[C@H](C)[C@H](NC(=O)[C@H](Cc1ccc(OC2CCCCO2)cc1)NC(=O)[C@H](C)O)C(=O)N[C@@H](C)C(=O)OC. The first-order valence-corrected chi connectivity index (χ1v) is 13.1. The summed E-state index contributed by atoms with van der Waals surface area (Å²) in [6, 6.07) is 4.17. The van der Waals surface area contributed by atoms with Gasteiger partial charge in [0.2, 0.25) is 17.7 Å². The van der Waals surface area contributed by atoms with Crippen LogP contribution in [0.2, 0.25) is 0 Å². The van der Waals surface area contributed by atoms with Gasteiger partial charge in [0.25, 0.3) is 0 Å². The Hall–Kier alpha value is -3.18. The van der Waals surface area contributed by atoms with Crippen LogP contribution >= 0.6 is 0 Å². The monoisotopic (exact) mass is 535 g/mol. The van der Waals surface area contributed by atoms with E-state index in [0.29, 0.717) is 18.8 Å². The maximum Gasteiger partial charge on any atom is 0.328 e. The summed E-state index contributed by atoms with van der Waals surface area (Å²) in [7, 11) is 1.22. The van der Waals surface area contributed by atoms with Gasteiger partial charge in [-0.05, 0) is 50.3 Å². The highest BCUT2D eigenvalue weighted by Crippen LogP contribution is 2.20. The quantitative estimate of drug-likeness (QED) is 0.275. The lowest BCUT2D eigenvalue weighted by atomic mass is 9.96. The van der Waals surface area contributed by atoms with E-state index in [9.17, 15) is 24.3 Å². The first kappa shape index (κ1) is 31.0. The molecule has 6 atom stereocenters. The number of benzene rings is 1. The Labute approximate surface area is 224 Å². The van der Waals surface area contributed by atoms with Crippen molar-refractivity contribution in [2.75, 3.05) is 13.7 Å². The van der Waals surface area contributed by atoms with Crippen molar-refractivity contribution in [2.24, 2.45) is 5.92 Å². The summed E-state index contributed by atoms with van der Waals surface area (Å²) < 4.78 is 16.1.